The third-order valence-corrected chi connectivity index (χ3v) is 8.38. The van der Waals surface area contributed by atoms with Crippen LogP contribution in [-0.2, 0) is 19.2 Å². The lowest BCUT2D eigenvalue weighted by Gasteiger charge is -2.15. The van der Waals surface area contributed by atoms with E-state index in [0.717, 1.165) is 0 Å². The Kier molecular flexibility index (Phi) is 9.03. The number of hydrogen-bond acceptors (Lipinski definition) is 6. The Morgan fingerprint density at radius 3 is 2.19 bits per heavy atom. The van der Waals surface area contributed by atoms with Crippen molar-refractivity contribution in [3.05, 3.63) is 84.4 Å². The van der Waals surface area contributed by atoms with Gasteiger partial charge in [0.15, 0.2) is 0 Å². The van der Waals surface area contributed by atoms with E-state index in [1.807, 2.05) is 0 Å². The molecule has 0 heterocycles. The van der Waals surface area contributed by atoms with Gasteiger partial charge in [0, 0.05) is 18.5 Å². The van der Waals surface area contributed by atoms with Crippen LogP contribution in [0, 0.1) is 0 Å². The second kappa shape index (κ2) is 12.0. The van der Waals surface area contributed by atoms with Crippen molar-refractivity contribution < 1.29 is 37.1 Å². The first-order valence-electron chi connectivity index (χ1n) is 11.1. The van der Waals surface area contributed by atoms with Crippen molar-refractivity contribution in [1.82, 2.24) is 5.32 Å². The van der Waals surface area contributed by atoms with Crippen LogP contribution in [0.2, 0.25) is 0 Å². The zero-order valence-electron chi connectivity index (χ0n) is 19.2. The number of aliphatic carboxylic acids is 1. The number of sulfone groups is 1. The molecule has 3 aromatic carbocycles. The summed E-state index contributed by atoms with van der Waals surface area (Å²) in [4.78, 5) is 33.6. The maximum absolute atomic E-state index is 12.9. The van der Waals surface area contributed by atoms with Crippen LogP contribution in [0.15, 0.2) is 88.7 Å². The van der Waals surface area contributed by atoms with Crippen molar-refractivity contribution in [2.24, 2.45) is 0 Å². The second-order valence-corrected chi connectivity index (χ2v) is 11.6. The molecule has 0 radical (unpaired) electrons. The highest BCUT2D eigenvalue weighted by atomic mass is 32.2. The van der Waals surface area contributed by atoms with E-state index in [1.54, 1.807) is 18.2 Å². The molecule has 9 nitrogen and oxygen atoms in total. The summed E-state index contributed by atoms with van der Waals surface area (Å²) < 4.78 is 43.6. The second-order valence-electron chi connectivity index (χ2n) is 7.91. The van der Waals surface area contributed by atoms with Crippen LogP contribution in [0.3, 0.4) is 0 Å². The monoisotopic (exact) mass is 531 g/mol. The quantitative estimate of drug-likeness (QED) is 0.236. The molecule has 0 bridgehead atoms. The number of benzene rings is 3. The van der Waals surface area contributed by atoms with Crippen LogP contribution in [0.4, 0.5) is 0 Å². The molecular weight excluding hydrogens is 505 g/mol. The van der Waals surface area contributed by atoms with Gasteiger partial charge in [0.2, 0.25) is 9.84 Å². The summed E-state index contributed by atoms with van der Waals surface area (Å²) in [6.07, 6.45) is 1.85. The molecule has 1 unspecified atom stereocenters. The van der Waals surface area contributed by atoms with Crippen molar-refractivity contribution in [2.45, 2.75) is 35.5 Å². The minimum atomic E-state index is -4.38. The lowest BCUT2D eigenvalue weighted by Crippen LogP contribution is -2.25. The van der Waals surface area contributed by atoms with E-state index in [-0.39, 0.29) is 32.8 Å². The first-order valence-corrected chi connectivity index (χ1v) is 14.2. The minimum Gasteiger partial charge on any atom is -0.481 e. The average Bonchev–Trinajstić information content (AvgIpc) is 2.86. The maximum Gasteiger partial charge on any atom is 0.408 e. The number of hydrogen-bond donors (Lipinski definition) is 3. The fourth-order valence-corrected chi connectivity index (χ4v) is 5.69. The van der Waals surface area contributed by atoms with Gasteiger partial charge in [0.05, 0.1) is 15.1 Å². The molecule has 0 aliphatic heterocycles. The van der Waals surface area contributed by atoms with Crippen molar-refractivity contribution in [3.8, 4) is 5.75 Å². The summed E-state index contributed by atoms with van der Waals surface area (Å²) in [6, 6.07) is 18.6. The van der Waals surface area contributed by atoms with E-state index in [1.165, 1.54) is 60.7 Å². The van der Waals surface area contributed by atoms with Crippen molar-refractivity contribution in [2.75, 3.05) is 6.54 Å². The van der Waals surface area contributed by atoms with Crippen molar-refractivity contribution in [3.63, 3.8) is 0 Å². The lowest BCUT2D eigenvalue weighted by atomic mass is 10.2. The number of rotatable bonds is 12. The number of carboxylic acid groups (broad SMARTS) is 1. The molecule has 3 rings (SSSR count). The van der Waals surface area contributed by atoms with Gasteiger partial charge >= 0.3 is 13.6 Å². The van der Waals surface area contributed by atoms with Crippen LogP contribution in [0.25, 0.3) is 0 Å². The van der Waals surface area contributed by atoms with Gasteiger partial charge in [0.25, 0.3) is 5.91 Å². The van der Waals surface area contributed by atoms with Gasteiger partial charge in [-0.1, -0.05) is 30.7 Å². The number of carbonyl (C=O) groups excluding carboxylic acids is 1. The van der Waals surface area contributed by atoms with E-state index >= 15 is 0 Å². The Hall–Kier alpha value is -3.46. The number of carbonyl (C=O) groups is 2. The molecule has 3 N–H and O–H groups in total. The largest absolute Gasteiger partial charge is 0.481 e. The molecule has 3 aromatic rings. The summed E-state index contributed by atoms with van der Waals surface area (Å²) in [5.74, 6) is -1.31. The molecule has 0 aliphatic carbocycles. The van der Waals surface area contributed by atoms with Crippen LogP contribution in [0.5, 0.6) is 5.75 Å². The predicted molar refractivity (Wildman–Crippen MR) is 133 cm³/mol. The maximum atomic E-state index is 12.9. The van der Waals surface area contributed by atoms with Gasteiger partial charge in [-0.15, -0.1) is 0 Å². The van der Waals surface area contributed by atoms with E-state index in [0.29, 0.717) is 25.8 Å². The first kappa shape index (κ1) is 27.1. The number of unbranched alkanes of at least 4 members (excludes halogenated alkanes) is 2. The first-order chi connectivity index (χ1) is 17.1. The topological polar surface area (TPSA) is 147 Å². The Morgan fingerprint density at radius 2 is 1.53 bits per heavy atom. The molecule has 0 saturated carbocycles. The molecular formula is C25H26NO8PS. The van der Waals surface area contributed by atoms with Gasteiger partial charge in [-0.05, 0) is 67.4 Å². The molecule has 190 valence electrons. The highest BCUT2D eigenvalue weighted by molar-refractivity contribution is 7.91. The summed E-state index contributed by atoms with van der Waals surface area (Å²) in [7, 11) is -8.12. The molecule has 0 aromatic heterocycles. The molecule has 0 aliphatic rings. The third-order valence-electron chi connectivity index (χ3n) is 5.20. The summed E-state index contributed by atoms with van der Waals surface area (Å²) in [6.45, 7) is 0.341. The van der Waals surface area contributed by atoms with Gasteiger partial charge in [0.1, 0.15) is 5.75 Å². The fraction of sp³-hybridized carbons (Fsp3) is 0.200. The molecule has 0 fully saturated rings. The summed E-state index contributed by atoms with van der Waals surface area (Å²) in [5.41, 5.74) is 0.167. The number of carboxylic acids is 1. The van der Waals surface area contributed by atoms with Gasteiger partial charge < -0.3 is 19.8 Å². The Bertz CT molecular complexity index is 1360. The number of nitrogens with one attached hydrogen (secondary N) is 1. The zero-order valence-corrected chi connectivity index (χ0v) is 21.0. The zero-order chi connectivity index (χ0) is 26.2. The van der Waals surface area contributed by atoms with Gasteiger partial charge in [-0.2, -0.15) is 0 Å². The Balaban J connectivity index is 1.64. The Labute approximate surface area is 209 Å². The van der Waals surface area contributed by atoms with Crippen LogP contribution in [-0.4, -0.2) is 36.8 Å². The molecule has 11 heteroatoms. The summed E-state index contributed by atoms with van der Waals surface area (Å²) >= 11 is 0. The van der Waals surface area contributed by atoms with Crippen LogP contribution >= 0.6 is 7.60 Å². The van der Waals surface area contributed by atoms with E-state index < -0.39 is 29.3 Å². The van der Waals surface area contributed by atoms with E-state index in [2.05, 4.69) is 5.32 Å². The van der Waals surface area contributed by atoms with Crippen molar-refractivity contribution >= 4 is 34.6 Å². The van der Waals surface area contributed by atoms with Crippen LogP contribution < -0.4 is 15.1 Å². The van der Waals surface area contributed by atoms with Gasteiger partial charge in [-0.3, -0.25) is 9.59 Å². The smallest absolute Gasteiger partial charge is 0.408 e. The van der Waals surface area contributed by atoms with E-state index in [9.17, 15) is 27.5 Å². The molecule has 36 heavy (non-hydrogen) atoms. The average molecular weight is 532 g/mol. The minimum absolute atomic E-state index is 0.00968. The predicted octanol–water partition coefficient (Wildman–Crippen LogP) is 3.78. The summed E-state index contributed by atoms with van der Waals surface area (Å²) in [5, 5.41) is 11.2. The third kappa shape index (κ3) is 7.27. The standard InChI is InChI=1S/C25H26NO8PS/c27-24(28)12-5-2-6-17-26-25(29)19-8-7-9-21(18-19)35(30,31)34-20-13-15-23(16-14-20)36(32,33)22-10-3-1-4-11-22/h1,3-4,7-11,13-16,18H,2,5-6,12,17H2,(H,26,29)(H,27,28)(H,30,31). The molecule has 0 spiro atoms. The molecule has 1 amide bonds. The Morgan fingerprint density at radius 1 is 0.861 bits per heavy atom. The fourth-order valence-electron chi connectivity index (χ4n) is 3.32. The normalized spacial score (nSPS) is 12.9. The van der Waals surface area contributed by atoms with Crippen LogP contribution in [0.1, 0.15) is 36.0 Å². The van der Waals surface area contributed by atoms with E-state index in [4.69, 9.17) is 9.63 Å². The van der Waals surface area contributed by atoms with Gasteiger partial charge in [-0.25, -0.2) is 13.0 Å². The number of amides is 1. The molecule has 0 saturated heterocycles. The highest BCUT2D eigenvalue weighted by Crippen LogP contribution is 2.42. The SMILES string of the molecule is O=C(O)CCCCCNC(=O)c1cccc(P(=O)(O)Oc2ccc(S(=O)(=O)c3ccccc3)cc2)c1. The molecule has 1 atom stereocenters. The lowest BCUT2D eigenvalue weighted by molar-refractivity contribution is -0.137. The highest BCUT2D eigenvalue weighted by Gasteiger charge is 2.26. The van der Waals surface area contributed by atoms with Crippen molar-refractivity contribution in [1.29, 1.82) is 0 Å².